The highest BCUT2D eigenvalue weighted by Crippen LogP contribution is 2.66. The van der Waals surface area contributed by atoms with Crippen molar-refractivity contribution >= 4 is 45.1 Å². The number of fused-ring (bicyclic) bond motifs is 15. The van der Waals surface area contributed by atoms with Crippen LogP contribution in [-0.2, 0) is 10.8 Å². The van der Waals surface area contributed by atoms with Crippen LogP contribution in [0.5, 0.6) is 0 Å². The molecular formula is C60H42N2O. The van der Waals surface area contributed by atoms with E-state index in [0.29, 0.717) is 0 Å². The molecule has 3 heteroatoms. The molecule has 0 saturated carbocycles. The number of rotatable bonds is 6. The van der Waals surface area contributed by atoms with Gasteiger partial charge in [-0.2, -0.15) is 0 Å². The molecule has 1 heterocycles. The number of hydrogen-bond donors (Lipinski definition) is 0. The third-order valence-corrected chi connectivity index (χ3v) is 14.0. The lowest BCUT2D eigenvalue weighted by molar-refractivity contribution is 0.628. The molecule has 10 aromatic rings. The summed E-state index contributed by atoms with van der Waals surface area (Å²) in [5.41, 5.74) is 20.7. The van der Waals surface area contributed by atoms with Crippen LogP contribution in [0.2, 0.25) is 0 Å². The number of benzene rings is 9. The highest BCUT2D eigenvalue weighted by Gasteiger charge is 2.55. The lowest BCUT2D eigenvalue weighted by atomic mass is 9.70. The van der Waals surface area contributed by atoms with Crippen LogP contribution < -0.4 is 9.80 Å². The molecule has 63 heavy (non-hydrogen) atoms. The van der Waals surface area contributed by atoms with E-state index < -0.39 is 5.41 Å². The first-order chi connectivity index (χ1) is 31.0. The van der Waals surface area contributed by atoms with Gasteiger partial charge < -0.3 is 14.2 Å². The molecule has 1 spiro atoms. The molecule has 13 rings (SSSR count). The van der Waals surface area contributed by atoms with E-state index in [0.717, 1.165) is 56.4 Å². The van der Waals surface area contributed by atoms with Gasteiger partial charge in [-0.05, 0) is 135 Å². The lowest BCUT2D eigenvalue weighted by Crippen LogP contribution is -2.26. The molecule has 3 aliphatic rings. The quantitative estimate of drug-likeness (QED) is 0.167. The largest absolute Gasteiger partial charge is 0.456 e. The molecular weight excluding hydrogens is 765 g/mol. The molecule has 1 unspecified atom stereocenters. The first kappa shape index (κ1) is 35.8. The number of nitrogens with zero attached hydrogens (tertiary/aromatic N) is 2. The summed E-state index contributed by atoms with van der Waals surface area (Å²) < 4.78 is 7.00. The molecule has 9 aromatic carbocycles. The van der Waals surface area contributed by atoms with Gasteiger partial charge in [0.05, 0.1) is 5.41 Å². The summed E-state index contributed by atoms with van der Waals surface area (Å²) in [6.07, 6.45) is 0. The minimum Gasteiger partial charge on any atom is -0.456 e. The van der Waals surface area contributed by atoms with Crippen LogP contribution in [0.1, 0.15) is 47.2 Å². The molecule has 3 nitrogen and oxygen atoms in total. The number of hydrogen-bond acceptors (Lipinski definition) is 3. The van der Waals surface area contributed by atoms with Gasteiger partial charge in [-0.15, -0.1) is 0 Å². The van der Waals surface area contributed by atoms with Crippen molar-refractivity contribution in [3.63, 3.8) is 0 Å². The molecule has 0 fully saturated rings. The molecule has 3 aliphatic carbocycles. The summed E-state index contributed by atoms with van der Waals surface area (Å²) >= 11 is 0. The molecule has 0 bridgehead atoms. The van der Waals surface area contributed by atoms with Crippen molar-refractivity contribution in [2.24, 2.45) is 0 Å². The smallest absolute Gasteiger partial charge is 0.140 e. The third kappa shape index (κ3) is 4.96. The summed E-state index contributed by atoms with van der Waals surface area (Å²) in [6.45, 7) is 4.72. The monoisotopic (exact) mass is 806 g/mol. The second-order valence-electron chi connectivity index (χ2n) is 17.6. The molecule has 1 aromatic heterocycles. The van der Waals surface area contributed by atoms with Gasteiger partial charge in [0.15, 0.2) is 0 Å². The number of para-hydroxylation sites is 4. The fourth-order valence-electron chi connectivity index (χ4n) is 11.3. The van der Waals surface area contributed by atoms with E-state index in [1.54, 1.807) is 0 Å². The van der Waals surface area contributed by atoms with Crippen LogP contribution in [0, 0.1) is 0 Å². The topological polar surface area (TPSA) is 19.6 Å². The average Bonchev–Trinajstić information content (AvgIpc) is 4.02. The van der Waals surface area contributed by atoms with Gasteiger partial charge in [0.25, 0.3) is 0 Å². The van der Waals surface area contributed by atoms with Crippen LogP contribution in [0.25, 0.3) is 44.5 Å². The summed E-state index contributed by atoms with van der Waals surface area (Å²) in [7, 11) is 0. The van der Waals surface area contributed by atoms with Gasteiger partial charge in [-0.3, -0.25) is 0 Å². The van der Waals surface area contributed by atoms with Crippen LogP contribution >= 0.6 is 0 Å². The fraction of sp³-hybridized carbons (Fsp3) is 0.0667. The number of anilines is 6. The Morgan fingerprint density at radius 3 is 1.35 bits per heavy atom. The average molecular weight is 807 g/mol. The fourth-order valence-corrected chi connectivity index (χ4v) is 11.3. The molecule has 0 saturated heterocycles. The van der Waals surface area contributed by atoms with Gasteiger partial charge in [-0.25, -0.2) is 0 Å². The van der Waals surface area contributed by atoms with E-state index >= 15 is 0 Å². The predicted octanol–water partition coefficient (Wildman–Crippen LogP) is 16.0. The van der Waals surface area contributed by atoms with E-state index in [1.807, 2.05) is 0 Å². The molecule has 298 valence electrons. The Morgan fingerprint density at radius 1 is 0.333 bits per heavy atom. The first-order valence-electron chi connectivity index (χ1n) is 21.9. The van der Waals surface area contributed by atoms with Crippen molar-refractivity contribution < 1.29 is 4.42 Å². The zero-order valence-corrected chi connectivity index (χ0v) is 35.1. The van der Waals surface area contributed by atoms with E-state index in [9.17, 15) is 0 Å². The van der Waals surface area contributed by atoms with Gasteiger partial charge in [0.2, 0.25) is 0 Å². The Morgan fingerprint density at radius 2 is 0.746 bits per heavy atom. The van der Waals surface area contributed by atoms with Gasteiger partial charge in [0, 0.05) is 56.1 Å². The maximum absolute atomic E-state index is 7.00. The summed E-state index contributed by atoms with van der Waals surface area (Å²) in [5.74, 6) is 0.942. The summed E-state index contributed by atoms with van der Waals surface area (Å²) in [4.78, 5) is 4.82. The Bertz CT molecular complexity index is 3400. The number of furan rings is 1. The summed E-state index contributed by atoms with van der Waals surface area (Å²) in [6, 6.07) is 80.0. The SMILES string of the molecule is CC1(C)c2ccccc2-c2ccc(N(c3ccccc3)c3ccc4c(c3)C3(c5ccccc5-4)c4cc(N(c5ccccc5)c5ccccc5)ccc4-c4oc5ccccc5c43)cc21. The molecule has 0 radical (unpaired) electrons. The van der Waals surface area contributed by atoms with E-state index in [4.69, 9.17) is 4.42 Å². The van der Waals surface area contributed by atoms with E-state index in [-0.39, 0.29) is 5.41 Å². The predicted molar refractivity (Wildman–Crippen MR) is 259 cm³/mol. The maximum Gasteiger partial charge on any atom is 0.140 e. The van der Waals surface area contributed by atoms with Gasteiger partial charge in [0.1, 0.15) is 11.3 Å². The molecule has 0 N–H and O–H groups in total. The van der Waals surface area contributed by atoms with Crippen molar-refractivity contribution in [2.75, 3.05) is 9.80 Å². The van der Waals surface area contributed by atoms with Gasteiger partial charge >= 0.3 is 0 Å². The molecule has 0 amide bonds. The Kier molecular flexibility index (Phi) is 7.57. The standard InChI is InChI=1S/C60H42N2O/c1-59(2)51-27-15-12-24-45(51)47-33-30-42(36-53(47)59)62(41-22-10-5-11-23-41)44-31-34-48-46-25-13-16-28-52(46)60(54(48)37-44)55-38-43(61(39-18-6-3-7-19-39)40-20-8-4-9-21-40)32-35-49(55)58-57(60)50-26-14-17-29-56(50)63-58/h3-38H,1-2H3. The zero-order valence-electron chi connectivity index (χ0n) is 35.1. The van der Waals surface area contributed by atoms with Crippen molar-refractivity contribution in [3.8, 4) is 33.6 Å². The third-order valence-electron chi connectivity index (χ3n) is 14.0. The van der Waals surface area contributed by atoms with Crippen molar-refractivity contribution in [2.45, 2.75) is 24.7 Å². The zero-order chi connectivity index (χ0) is 41.9. The lowest BCUT2D eigenvalue weighted by Gasteiger charge is -2.33. The van der Waals surface area contributed by atoms with Gasteiger partial charge in [-0.1, -0.05) is 147 Å². The Labute approximate surface area is 367 Å². The maximum atomic E-state index is 7.00. The summed E-state index contributed by atoms with van der Waals surface area (Å²) in [5, 5.41) is 1.14. The Balaban J connectivity index is 1.08. The van der Waals surface area contributed by atoms with E-state index in [1.165, 1.54) is 55.6 Å². The normalized spacial score (nSPS) is 15.7. The van der Waals surface area contributed by atoms with Crippen molar-refractivity contribution in [1.29, 1.82) is 0 Å². The highest BCUT2D eigenvalue weighted by atomic mass is 16.3. The van der Waals surface area contributed by atoms with Crippen molar-refractivity contribution in [3.05, 3.63) is 252 Å². The minimum absolute atomic E-state index is 0.134. The van der Waals surface area contributed by atoms with Crippen LogP contribution in [0.4, 0.5) is 34.1 Å². The second kappa shape index (κ2) is 13.3. The minimum atomic E-state index is -0.668. The second-order valence-corrected chi connectivity index (χ2v) is 17.6. The van der Waals surface area contributed by atoms with Crippen molar-refractivity contribution in [1.82, 2.24) is 0 Å². The van der Waals surface area contributed by atoms with Crippen LogP contribution in [-0.4, -0.2) is 0 Å². The van der Waals surface area contributed by atoms with E-state index in [2.05, 4.69) is 242 Å². The van der Waals surface area contributed by atoms with Crippen LogP contribution in [0.15, 0.2) is 223 Å². The molecule has 0 aliphatic heterocycles. The molecule has 1 atom stereocenters. The Hall–Kier alpha value is -7.88. The first-order valence-corrected chi connectivity index (χ1v) is 21.9. The highest BCUT2D eigenvalue weighted by molar-refractivity contribution is 6.03. The van der Waals surface area contributed by atoms with Crippen LogP contribution in [0.3, 0.4) is 0 Å².